The van der Waals surface area contributed by atoms with Gasteiger partial charge in [0.25, 0.3) is 5.69 Å². The Hall–Kier alpha value is -1.47. The number of hydrogen-bond donors (Lipinski definition) is 0. The van der Waals surface area contributed by atoms with Crippen molar-refractivity contribution >= 4 is 40.3 Å². The molecule has 0 N–H and O–H groups in total. The highest BCUT2D eigenvalue weighted by Gasteiger charge is 2.17. The topological polar surface area (TPSA) is 63.4 Å². The van der Waals surface area contributed by atoms with E-state index >= 15 is 0 Å². The summed E-state index contributed by atoms with van der Waals surface area (Å²) in [5.74, 6) is 0. The third-order valence-electron chi connectivity index (χ3n) is 3.14. The number of thioether (sulfide) groups is 1. The average Bonchev–Trinajstić information content (AvgIpc) is 2.48. The van der Waals surface area contributed by atoms with E-state index < -0.39 is 4.92 Å². The predicted molar refractivity (Wildman–Crippen MR) is 82.4 cm³/mol. The minimum Gasteiger partial charge on any atom is -0.357 e. The summed E-state index contributed by atoms with van der Waals surface area (Å²) in [6.45, 7) is 1.88. The smallest absolute Gasteiger partial charge is 0.270 e. The minimum absolute atomic E-state index is 0.0830. The highest BCUT2D eigenvalue weighted by Crippen LogP contribution is 2.29. The highest BCUT2D eigenvalue weighted by atomic mass is 32.2. The number of rotatable bonds is 3. The molecule has 1 aliphatic heterocycles. The Labute approximate surface area is 126 Å². The lowest BCUT2D eigenvalue weighted by atomic mass is 10.1. The van der Waals surface area contributed by atoms with E-state index in [0.29, 0.717) is 16.7 Å². The first kappa shape index (κ1) is 14.9. The van der Waals surface area contributed by atoms with Gasteiger partial charge in [-0.2, -0.15) is 0 Å². The van der Waals surface area contributed by atoms with Crippen molar-refractivity contribution in [1.82, 2.24) is 4.90 Å². The number of carbonyl (C=O) groups excluding carboxylic acids is 1. The van der Waals surface area contributed by atoms with Crippen molar-refractivity contribution in [2.75, 3.05) is 13.1 Å². The fourth-order valence-corrected chi connectivity index (χ4v) is 3.38. The molecule has 0 radical (unpaired) electrons. The molecule has 1 aromatic rings. The number of benzene rings is 1. The summed E-state index contributed by atoms with van der Waals surface area (Å²) < 4.78 is 0.724. The Balaban J connectivity index is 2.13. The first-order valence-corrected chi connectivity index (χ1v) is 7.54. The van der Waals surface area contributed by atoms with Gasteiger partial charge >= 0.3 is 0 Å². The molecule has 1 aliphatic rings. The molecule has 0 amide bonds. The van der Waals surface area contributed by atoms with Gasteiger partial charge in [-0.15, -0.1) is 0 Å². The second kappa shape index (κ2) is 6.81. The van der Waals surface area contributed by atoms with Gasteiger partial charge in [0.1, 0.15) is 4.32 Å². The van der Waals surface area contributed by atoms with Gasteiger partial charge in [0.15, 0.2) is 6.29 Å². The SMILES string of the molecule is O=Cc1cc([N+](=O)[O-])ccc1SC(=S)N1CCCCC1. The molecule has 106 valence electrons. The number of nitro benzene ring substituents is 1. The maximum absolute atomic E-state index is 11.1. The molecule has 1 heterocycles. The Morgan fingerprint density at radius 2 is 2.05 bits per heavy atom. The van der Waals surface area contributed by atoms with Crippen molar-refractivity contribution < 1.29 is 9.72 Å². The molecule has 5 nitrogen and oxygen atoms in total. The lowest BCUT2D eigenvalue weighted by Crippen LogP contribution is -2.32. The fourth-order valence-electron chi connectivity index (χ4n) is 2.07. The molecule has 2 rings (SSSR count). The lowest BCUT2D eigenvalue weighted by molar-refractivity contribution is -0.384. The van der Waals surface area contributed by atoms with Crippen LogP contribution in [0.3, 0.4) is 0 Å². The lowest BCUT2D eigenvalue weighted by Gasteiger charge is -2.28. The summed E-state index contributed by atoms with van der Waals surface area (Å²) in [5.41, 5.74) is 0.226. The number of thiocarbonyl (C=S) groups is 1. The van der Waals surface area contributed by atoms with Gasteiger partial charge in [0.05, 0.1) is 4.92 Å². The van der Waals surface area contributed by atoms with Gasteiger partial charge in [0.2, 0.25) is 0 Å². The van der Waals surface area contributed by atoms with Crippen LogP contribution in [0.2, 0.25) is 0 Å². The normalized spacial score (nSPS) is 14.9. The zero-order chi connectivity index (χ0) is 14.5. The molecule has 0 aromatic heterocycles. The van der Waals surface area contributed by atoms with E-state index in [1.165, 1.54) is 30.3 Å². The molecule has 0 aliphatic carbocycles. The molecular weight excluding hydrogens is 296 g/mol. The molecule has 1 aromatic carbocycles. The van der Waals surface area contributed by atoms with Gasteiger partial charge in [-0.05, 0) is 25.3 Å². The van der Waals surface area contributed by atoms with Crippen molar-refractivity contribution in [3.8, 4) is 0 Å². The highest BCUT2D eigenvalue weighted by molar-refractivity contribution is 8.23. The van der Waals surface area contributed by atoms with E-state index in [0.717, 1.165) is 30.3 Å². The van der Waals surface area contributed by atoms with E-state index in [2.05, 4.69) is 4.90 Å². The maximum atomic E-state index is 11.1. The first-order chi connectivity index (χ1) is 9.61. The van der Waals surface area contributed by atoms with Crippen molar-refractivity contribution in [2.24, 2.45) is 0 Å². The third kappa shape index (κ3) is 3.55. The summed E-state index contributed by atoms with van der Waals surface area (Å²) in [5, 5.41) is 10.7. The van der Waals surface area contributed by atoms with Crippen LogP contribution in [0.15, 0.2) is 23.1 Å². The van der Waals surface area contributed by atoms with E-state index in [1.807, 2.05) is 0 Å². The molecule has 0 atom stereocenters. The van der Waals surface area contributed by atoms with Crippen molar-refractivity contribution in [3.05, 3.63) is 33.9 Å². The molecule has 20 heavy (non-hydrogen) atoms. The van der Waals surface area contributed by atoms with Crippen LogP contribution in [0, 0.1) is 10.1 Å². The summed E-state index contributed by atoms with van der Waals surface area (Å²) in [6.07, 6.45) is 4.11. The van der Waals surface area contributed by atoms with Gasteiger partial charge in [-0.25, -0.2) is 0 Å². The van der Waals surface area contributed by atoms with Crippen LogP contribution >= 0.6 is 24.0 Å². The van der Waals surface area contributed by atoms with E-state index in [4.69, 9.17) is 12.2 Å². The molecule has 7 heteroatoms. The number of hydrogen-bond acceptors (Lipinski definition) is 5. The zero-order valence-electron chi connectivity index (χ0n) is 10.8. The van der Waals surface area contributed by atoms with Crippen molar-refractivity contribution in [3.63, 3.8) is 0 Å². The number of carbonyl (C=O) groups is 1. The number of nitrogens with zero attached hydrogens (tertiary/aromatic N) is 2. The van der Waals surface area contributed by atoms with Crippen LogP contribution in [0.4, 0.5) is 5.69 Å². The molecular formula is C13H14N2O3S2. The average molecular weight is 310 g/mol. The van der Waals surface area contributed by atoms with Crippen LogP contribution in [0.25, 0.3) is 0 Å². The minimum atomic E-state index is -0.510. The Kier molecular flexibility index (Phi) is 5.08. The molecule has 0 saturated carbocycles. The second-order valence-electron chi connectivity index (χ2n) is 4.51. The third-order valence-corrected chi connectivity index (χ3v) is 4.68. The quantitative estimate of drug-likeness (QED) is 0.281. The van der Waals surface area contributed by atoms with E-state index in [-0.39, 0.29) is 5.69 Å². The maximum Gasteiger partial charge on any atom is 0.270 e. The number of piperidine rings is 1. The number of non-ortho nitro benzene ring substituents is 1. The Morgan fingerprint density at radius 1 is 1.35 bits per heavy atom. The van der Waals surface area contributed by atoms with Crippen LogP contribution in [-0.4, -0.2) is 33.5 Å². The predicted octanol–water partition coefficient (Wildman–Crippen LogP) is 3.27. The Bertz CT molecular complexity index is 542. The van der Waals surface area contributed by atoms with Gasteiger partial charge in [-0.3, -0.25) is 14.9 Å². The summed E-state index contributed by atoms with van der Waals surface area (Å²) in [6, 6.07) is 4.27. The molecule has 1 saturated heterocycles. The summed E-state index contributed by atoms with van der Waals surface area (Å²) in [4.78, 5) is 24.0. The van der Waals surface area contributed by atoms with Crippen LogP contribution < -0.4 is 0 Å². The van der Waals surface area contributed by atoms with Crippen molar-refractivity contribution in [1.29, 1.82) is 0 Å². The van der Waals surface area contributed by atoms with E-state index in [9.17, 15) is 14.9 Å². The molecule has 0 bridgehead atoms. The van der Waals surface area contributed by atoms with Crippen molar-refractivity contribution in [2.45, 2.75) is 24.2 Å². The number of aldehydes is 1. The standard InChI is InChI=1S/C13H14N2O3S2/c16-9-10-8-11(15(17)18)4-5-12(10)20-13(19)14-6-2-1-3-7-14/h4-5,8-9H,1-3,6-7H2. The number of nitro groups is 1. The van der Waals surface area contributed by atoms with Gasteiger partial charge in [-0.1, -0.05) is 24.0 Å². The summed E-state index contributed by atoms with van der Waals surface area (Å²) >= 11 is 6.71. The monoisotopic (exact) mass is 310 g/mol. The van der Waals surface area contributed by atoms with Crippen LogP contribution in [0.5, 0.6) is 0 Å². The van der Waals surface area contributed by atoms with Crippen LogP contribution in [0.1, 0.15) is 29.6 Å². The molecule has 0 unspecified atom stereocenters. The first-order valence-electron chi connectivity index (χ1n) is 6.32. The van der Waals surface area contributed by atoms with E-state index in [1.54, 1.807) is 6.07 Å². The van der Waals surface area contributed by atoms with Gasteiger partial charge < -0.3 is 4.90 Å². The molecule has 1 fully saturated rings. The second-order valence-corrected chi connectivity index (χ2v) is 6.19. The number of likely N-dealkylation sites (tertiary alicyclic amines) is 1. The largest absolute Gasteiger partial charge is 0.357 e. The van der Waals surface area contributed by atoms with Crippen LogP contribution in [-0.2, 0) is 0 Å². The fraction of sp³-hybridized carbons (Fsp3) is 0.385. The Morgan fingerprint density at radius 3 is 2.65 bits per heavy atom. The van der Waals surface area contributed by atoms with Gasteiger partial charge in [0, 0.05) is 35.7 Å². The summed E-state index contributed by atoms with van der Waals surface area (Å²) in [7, 11) is 0. The molecule has 0 spiro atoms. The zero-order valence-corrected chi connectivity index (χ0v) is 12.4.